The molecule has 0 radical (unpaired) electrons. The fraction of sp³-hybridized carbons (Fsp3) is 0.222. The number of allylic oxidation sites excluding steroid dienone is 1. The van der Waals surface area contributed by atoms with Crippen molar-refractivity contribution in [3.8, 4) is 0 Å². The van der Waals surface area contributed by atoms with Crippen molar-refractivity contribution in [1.82, 2.24) is 0 Å². The van der Waals surface area contributed by atoms with Crippen LogP contribution >= 0.6 is 0 Å². The van der Waals surface area contributed by atoms with Crippen LogP contribution in [-0.2, 0) is 5.60 Å². The molecular formula is C18H20O2. The van der Waals surface area contributed by atoms with Crippen LogP contribution in [0.25, 0.3) is 0 Å². The maximum atomic E-state index is 11.1. The van der Waals surface area contributed by atoms with Crippen LogP contribution in [-0.4, -0.2) is 16.8 Å². The lowest BCUT2D eigenvalue weighted by Crippen LogP contribution is -2.24. The van der Waals surface area contributed by atoms with Crippen molar-refractivity contribution in [3.05, 3.63) is 83.9 Å². The standard InChI is InChI=1S/C18H20O2/c19-15-9-3-8-14-18(20,16-10-4-1-5-11-16)17-12-6-2-7-13-17/h1-2,4-8,10-14,19-20H,3,9,15H2/b14-8+. The van der Waals surface area contributed by atoms with Gasteiger partial charge in [-0.15, -0.1) is 0 Å². The molecule has 2 aromatic carbocycles. The minimum atomic E-state index is -1.13. The van der Waals surface area contributed by atoms with Crippen molar-refractivity contribution in [1.29, 1.82) is 0 Å². The summed E-state index contributed by atoms with van der Waals surface area (Å²) in [5, 5.41) is 19.9. The van der Waals surface area contributed by atoms with E-state index in [1.165, 1.54) is 0 Å². The minimum Gasteiger partial charge on any atom is -0.396 e. The highest BCUT2D eigenvalue weighted by atomic mass is 16.3. The van der Waals surface area contributed by atoms with Crippen LogP contribution in [0.15, 0.2) is 72.8 Å². The Bertz CT molecular complexity index is 492. The highest BCUT2D eigenvalue weighted by Crippen LogP contribution is 2.31. The second-order valence-electron chi connectivity index (χ2n) is 4.77. The second kappa shape index (κ2) is 7.04. The lowest BCUT2D eigenvalue weighted by molar-refractivity contribution is 0.134. The Labute approximate surface area is 120 Å². The van der Waals surface area contributed by atoms with Gasteiger partial charge in [0.2, 0.25) is 0 Å². The molecule has 2 aromatic rings. The van der Waals surface area contributed by atoms with Crippen molar-refractivity contribution >= 4 is 0 Å². The van der Waals surface area contributed by atoms with E-state index in [2.05, 4.69) is 0 Å². The molecule has 0 unspecified atom stereocenters. The Kier molecular flexibility index (Phi) is 5.10. The Morgan fingerprint density at radius 1 is 0.850 bits per heavy atom. The molecule has 2 nitrogen and oxygen atoms in total. The molecular weight excluding hydrogens is 248 g/mol. The molecule has 2 N–H and O–H groups in total. The van der Waals surface area contributed by atoms with E-state index < -0.39 is 5.60 Å². The van der Waals surface area contributed by atoms with E-state index >= 15 is 0 Å². The number of hydrogen-bond acceptors (Lipinski definition) is 2. The summed E-state index contributed by atoms with van der Waals surface area (Å²) in [6, 6.07) is 19.2. The van der Waals surface area contributed by atoms with Crippen LogP contribution in [0.1, 0.15) is 24.0 Å². The van der Waals surface area contributed by atoms with Gasteiger partial charge in [0.25, 0.3) is 0 Å². The maximum Gasteiger partial charge on any atom is 0.133 e. The van der Waals surface area contributed by atoms with E-state index in [0.29, 0.717) is 6.42 Å². The van der Waals surface area contributed by atoms with Crippen LogP contribution < -0.4 is 0 Å². The average Bonchev–Trinajstić information content (AvgIpc) is 2.53. The third kappa shape index (κ3) is 3.35. The monoisotopic (exact) mass is 268 g/mol. The zero-order valence-corrected chi connectivity index (χ0v) is 11.4. The summed E-state index contributed by atoms with van der Waals surface area (Å²) in [4.78, 5) is 0. The molecule has 0 heterocycles. The molecule has 0 saturated carbocycles. The number of benzene rings is 2. The van der Waals surface area contributed by atoms with Gasteiger partial charge in [-0.05, 0) is 30.0 Å². The van der Waals surface area contributed by atoms with Crippen LogP contribution in [0.4, 0.5) is 0 Å². The van der Waals surface area contributed by atoms with Gasteiger partial charge < -0.3 is 10.2 Å². The Morgan fingerprint density at radius 2 is 1.35 bits per heavy atom. The van der Waals surface area contributed by atoms with E-state index in [9.17, 15) is 5.11 Å². The van der Waals surface area contributed by atoms with Gasteiger partial charge in [0.15, 0.2) is 0 Å². The summed E-state index contributed by atoms with van der Waals surface area (Å²) >= 11 is 0. The lowest BCUT2D eigenvalue weighted by atomic mass is 9.86. The molecule has 0 atom stereocenters. The van der Waals surface area contributed by atoms with Crippen LogP contribution in [0.5, 0.6) is 0 Å². The van der Waals surface area contributed by atoms with E-state index in [0.717, 1.165) is 17.5 Å². The van der Waals surface area contributed by atoms with Crippen molar-refractivity contribution in [2.75, 3.05) is 6.61 Å². The van der Waals surface area contributed by atoms with Gasteiger partial charge in [0, 0.05) is 6.61 Å². The van der Waals surface area contributed by atoms with E-state index in [1.807, 2.05) is 72.8 Å². The first-order chi connectivity index (χ1) is 9.77. The third-order valence-corrected chi connectivity index (χ3v) is 3.32. The number of rotatable bonds is 6. The average molecular weight is 268 g/mol. The molecule has 0 spiro atoms. The fourth-order valence-corrected chi connectivity index (χ4v) is 2.21. The van der Waals surface area contributed by atoms with Crippen LogP contribution in [0, 0.1) is 0 Å². The van der Waals surface area contributed by atoms with Gasteiger partial charge in [0.1, 0.15) is 5.60 Å². The molecule has 20 heavy (non-hydrogen) atoms. The molecule has 0 aliphatic carbocycles. The van der Waals surface area contributed by atoms with Crippen molar-refractivity contribution in [2.45, 2.75) is 18.4 Å². The molecule has 0 aliphatic rings. The summed E-state index contributed by atoms with van der Waals surface area (Å²) in [6.07, 6.45) is 5.19. The summed E-state index contributed by atoms with van der Waals surface area (Å²) in [5.41, 5.74) is 0.552. The summed E-state index contributed by atoms with van der Waals surface area (Å²) in [6.45, 7) is 0.166. The zero-order chi connectivity index (χ0) is 14.3. The lowest BCUT2D eigenvalue weighted by Gasteiger charge is -2.26. The van der Waals surface area contributed by atoms with E-state index in [4.69, 9.17) is 5.11 Å². The Balaban J connectivity index is 2.36. The van der Waals surface area contributed by atoms with Gasteiger partial charge in [-0.2, -0.15) is 0 Å². The van der Waals surface area contributed by atoms with Gasteiger partial charge >= 0.3 is 0 Å². The van der Waals surface area contributed by atoms with E-state index in [-0.39, 0.29) is 6.61 Å². The van der Waals surface area contributed by atoms with E-state index in [1.54, 1.807) is 0 Å². The van der Waals surface area contributed by atoms with Crippen molar-refractivity contribution < 1.29 is 10.2 Å². The van der Waals surface area contributed by atoms with Gasteiger partial charge in [-0.25, -0.2) is 0 Å². The second-order valence-corrected chi connectivity index (χ2v) is 4.77. The van der Waals surface area contributed by atoms with Gasteiger partial charge in [-0.1, -0.05) is 66.7 Å². The Hall–Kier alpha value is -1.90. The summed E-state index contributed by atoms with van der Waals surface area (Å²) in [7, 11) is 0. The Morgan fingerprint density at radius 3 is 1.80 bits per heavy atom. The summed E-state index contributed by atoms with van der Waals surface area (Å²) in [5.74, 6) is 0. The molecule has 104 valence electrons. The number of unbranched alkanes of at least 4 members (excludes halogenated alkanes) is 1. The van der Waals surface area contributed by atoms with Crippen molar-refractivity contribution in [2.24, 2.45) is 0 Å². The first-order valence-corrected chi connectivity index (χ1v) is 6.89. The predicted molar refractivity (Wildman–Crippen MR) is 81.3 cm³/mol. The number of hydrogen-bond donors (Lipinski definition) is 2. The third-order valence-electron chi connectivity index (χ3n) is 3.32. The highest BCUT2D eigenvalue weighted by Gasteiger charge is 2.27. The van der Waals surface area contributed by atoms with Gasteiger partial charge in [-0.3, -0.25) is 0 Å². The quantitative estimate of drug-likeness (QED) is 0.623. The molecule has 0 saturated heterocycles. The molecule has 0 amide bonds. The minimum absolute atomic E-state index is 0.166. The normalized spacial score (nSPS) is 11.9. The molecule has 0 fully saturated rings. The predicted octanol–water partition coefficient (Wildman–Crippen LogP) is 3.25. The smallest absolute Gasteiger partial charge is 0.133 e. The van der Waals surface area contributed by atoms with Gasteiger partial charge in [0.05, 0.1) is 0 Å². The fourth-order valence-electron chi connectivity index (χ4n) is 2.21. The van der Waals surface area contributed by atoms with Crippen LogP contribution in [0.3, 0.4) is 0 Å². The topological polar surface area (TPSA) is 40.5 Å². The maximum absolute atomic E-state index is 11.1. The molecule has 2 heteroatoms. The molecule has 0 aromatic heterocycles. The molecule has 0 aliphatic heterocycles. The first-order valence-electron chi connectivity index (χ1n) is 6.89. The zero-order valence-electron chi connectivity index (χ0n) is 11.4. The molecule has 0 bridgehead atoms. The molecule has 2 rings (SSSR count). The number of aliphatic hydroxyl groups excluding tert-OH is 1. The highest BCUT2D eigenvalue weighted by molar-refractivity contribution is 5.40. The van der Waals surface area contributed by atoms with Crippen LogP contribution in [0.2, 0.25) is 0 Å². The number of aliphatic hydroxyl groups is 2. The first kappa shape index (κ1) is 14.5. The van der Waals surface area contributed by atoms with Crippen molar-refractivity contribution in [3.63, 3.8) is 0 Å². The SMILES string of the molecule is OCCC/C=C/C(O)(c1ccccc1)c1ccccc1. The largest absolute Gasteiger partial charge is 0.396 e. The summed E-state index contributed by atoms with van der Waals surface area (Å²) < 4.78 is 0.